The van der Waals surface area contributed by atoms with Gasteiger partial charge in [-0.2, -0.15) is 0 Å². The molecule has 0 aliphatic carbocycles. The van der Waals surface area contributed by atoms with Crippen LogP contribution in [0.2, 0.25) is 0 Å². The predicted octanol–water partition coefficient (Wildman–Crippen LogP) is 1.24. The molecule has 0 bridgehead atoms. The Labute approximate surface area is 170 Å². The van der Waals surface area contributed by atoms with Crippen LogP contribution in [-0.2, 0) is 0 Å². The van der Waals surface area contributed by atoms with Gasteiger partial charge in [0.1, 0.15) is 12.7 Å². The van der Waals surface area contributed by atoms with Crippen molar-refractivity contribution in [2.75, 3.05) is 13.1 Å². The van der Waals surface area contributed by atoms with Gasteiger partial charge >= 0.3 is 0 Å². The zero-order chi connectivity index (χ0) is 20.5. The number of carbonyl (C=O) groups is 1. The molecule has 30 heavy (non-hydrogen) atoms. The third-order valence-corrected chi connectivity index (χ3v) is 5.41. The first-order valence-electron chi connectivity index (χ1n) is 9.65. The summed E-state index contributed by atoms with van der Waals surface area (Å²) in [6, 6.07) is 10.7. The van der Waals surface area contributed by atoms with Gasteiger partial charge in [-0.1, -0.05) is 6.07 Å². The van der Waals surface area contributed by atoms with E-state index < -0.39 is 0 Å². The summed E-state index contributed by atoms with van der Waals surface area (Å²) in [4.78, 5) is 36.0. The Hall–Kier alpha value is -3.95. The Bertz CT molecular complexity index is 1260. The van der Waals surface area contributed by atoms with Crippen molar-refractivity contribution in [3.05, 3.63) is 71.2 Å². The van der Waals surface area contributed by atoms with Crippen LogP contribution in [0, 0.1) is 0 Å². The van der Waals surface area contributed by atoms with Crippen molar-refractivity contribution >= 4 is 16.9 Å². The van der Waals surface area contributed by atoms with Crippen LogP contribution in [0.4, 0.5) is 0 Å². The molecule has 5 rings (SSSR count). The van der Waals surface area contributed by atoms with Crippen molar-refractivity contribution in [1.82, 2.24) is 39.6 Å². The van der Waals surface area contributed by atoms with E-state index in [-0.39, 0.29) is 17.5 Å². The maximum absolute atomic E-state index is 13.0. The van der Waals surface area contributed by atoms with E-state index in [9.17, 15) is 9.59 Å². The fraction of sp³-hybridized carbons (Fsp3) is 0.250. The first-order chi connectivity index (χ1) is 14.7. The number of hydrogen-bond donors (Lipinski definition) is 0. The van der Waals surface area contributed by atoms with E-state index in [1.165, 1.54) is 11.0 Å². The van der Waals surface area contributed by atoms with Crippen molar-refractivity contribution in [3.8, 4) is 5.69 Å². The molecule has 1 fully saturated rings. The SMILES string of the molecule is O=C(c1cccc(-n2cnnn2)c1)N1CCC(n2cnc3ncccc3c2=O)CC1. The summed E-state index contributed by atoms with van der Waals surface area (Å²) >= 11 is 0. The number of aromatic nitrogens is 7. The zero-order valence-corrected chi connectivity index (χ0v) is 16.0. The molecule has 1 aromatic carbocycles. The molecule has 4 aromatic rings. The summed E-state index contributed by atoms with van der Waals surface area (Å²) in [5.41, 5.74) is 1.67. The van der Waals surface area contributed by atoms with E-state index >= 15 is 0 Å². The van der Waals surface area contributed by atoms with Gasteiger partial charge in [-0.25, -0.2) is 14.6 Å². The molecule has 0 unspecified atom stereocenters. The number of likely N-dealkylation sites (tertiary alicyclic amines) is 1. The van der Waals surface area contributed by atoms with Crippen LogP contribution in [0.5, 0.6) is 0 Å². The molecule has 10 nitrogen and oxygen atoms in total. The molecular formula is C20H18N8O2. The quantitative estimate of drug-likeness (QED) is 0.507. The van der Waals surface area contributed by atoms with Crippen LogP contribution in [0.1, 0.15) is 29.2 Å². The summed E-state index contributed by atoms with van der Waals surface area (Å²) in [7, 11) is 0. The lowest BCUT2D eigenvalue weighted by Crippen LogP contribution is -2.41. The highest BCUT2D eigenvalue weighted by Crippen LogP contribution is 2.23. The van der Waals surface area contributed by atoms with Crippen molar-refractivity contribution in [2.45, 2.75) is 18.9 Å². The van der Waals surface area contributed by atoms with Crippen LogP contribution in [-0.4, -0.2) is 58.6 Å². The lowest BCUT2D eigenvalue weighted by Gasteiger charge is -2.32. The van der Waals surface area contributed by atoms with E-state index in [4.69, 9.17) is 0 Å². The molecule has 1 saturated heterocycles. The Morgan fingerprint density at radius 3 is 2.70 bits per heavy atom. The molecular weight excluding hydrogens is 384 g/mol. The van der Waals surface area contributed by atoms with Crippen LogP contribution in [0.25, 0.3) is 16.7 Å². The topological polar surface area (TPSA) is 112 Å². The number of piperidine rings is 1. The van der Waals surface area contributed by atoms with Gasteiger partial charge in [0, 0.05) is 30.9 Å². The van der Waals surface area contributed by atoms with E-state index in [0.29, 0.717) is 42.5 Å². The molecule has 1 aliphatic heterocycles. The molecule has 3 aromatic heterocycles. The van der Waals surface area contributed by atoms with Gasteiger partial charge in [0.25, 0.3) is 11.5 Å². The lowest BCUT2D eigenvalue weighted by atomic mass is 10.0. The molecule has 0 N–H and O–H groups in total. The van der Waals surface area contributed by atoms with Crippen molar-refractivity contribution in [3.63, 3.8) is 0 Å². The second kappa shape index (κ2) is 7.47. The number of nitrogens with zero attached hydrogens (tertiary/aromatic N) is 8. The summed E-state index contributed by atoms with van der Waals surface area (Å²) in [5, 5.41) is 11.6. The molecule has 0 atom stereocenters. The number of hydrogen-bond acceptors (Lipinski definition) is 7. The van der Waals surface area contributed by atoms with E-state index in [0.717, 1.165) is 5.69 Å². The number of carbonyl (C=O) groups excluding carboxylic acids is 1. The highest BCUT2D eigenvalue weighted by atomic mass is 16.2. The number of pyridine rings is 1. The van der Waals surface area contributed by atoms with Gasteiger partial charge < -0.3 is 4.90 Å². The van der Waals surface area contributed by atoms with Crippen molar-refractivity contribution in [2.24, 2.45) is 0 Å². The number of benzene rings is 1. The summed E-state index contributed by atoms with van der Waals surface area (Å²) in [6.07, 6.45) is 6.05. The fourth-order valence-corrected chi connectivity index (χ4v) is 3.83. The molecule has 0 radical (unpaired) electrons. The van der Waals surface area contributed by atoms with Crippen LogP contribution >= 0.6 is 0 Å². The molecule has 10 heteroatoms. The first kappa shape index (κ1) is 18.1. The van der Waals surface area contributed by atoms with Crippen LogP contribution < -0.4 is 5.56 Å². The highest BCUT2D eigenvalue weighted by Gasteiger charge is 2.26. The van der Waals surface area contributed by atoms with E-state index in [1.54, 1.807) is 41.4 Å². The van der Waals surface area contributed by atoms with E-state index in [1.807, 2.05) is 17.0 Å². The predicted molar refractivity (Wildman–Crippen MR) is 107 cm³/mol. The van der Waals surface area contributed by atoms with Crippen molar-refractivity contribution in [1.29, 1.82) is 0 Å². The highest BCUT2D eigenvalue weighted by molar-refractivity contribution is 5.94. The summed E-state index contributed by atoms with van der Waals surface area (Å²) in [6.45, 7) is 1.13. The third-order valence-electron chi connectivity index (χ3n) is 5.41. The maximum atomic E-state index is 13.0. The van der Waals surface area contributed by atoms with Gasteiger partial charge in [0.2, 0.25) is 0 Å². The Morgan fingerprint density at radius 1 is 1.03 bits per heavy atom. The van der Waals surface area contributed by atoms with Crippen LogP contribution in [0.3, 0.4) is 0 Å². The molecule has 150 valence electrons. The Kier molecular flexibility index (Phi) is 4.51. The standard InChI is InChI=1S/C20H18N8O2/c29-19(14-3-1-4-16(11-14)28-13-23-24-25-28)26-9-6-15(7-10-26)27-12-22-18-17(20(27)30)5-2-8-21-18/h1-5,8,11-13,15H,6-7,9-10H2. The number of rotatable bonds is 3. The average Bonchev–Trinajstić information content (AvgIpc) is 3.35. The van der Waals surface area contributed by atoms with Gasteiger partial charge in [-0.3, -0.25) is 14.2 Å². The molecule has 1 amide bonds. The second-order valence-corrected chi connectivity index (χ2v) is 7.16. The summed E-state index contributed by atoms with van der Waals surface area (Å²) < 4.78 is 3.18. The van der Waals surface area contributed by atoms with Gasteiger partial charge in [0.05, 0.1) is 11.1 Å². The Morgan fingerprint density at radius 2 is 1.90 bits per heavy atom. The smallest absolute Gasteiger partial charge is 0.263 e. The minimum absolute atomic E-state index is 0.00575. The number of fused-ring (bicyclic) bond motifs is 1. The number of amides is 1. The van der Waals surface area contributed by atoms with Gasteiger partial charge in [-0.15, -0.1) is 5.10 Å². The fourth-order valence-electron chi connectivity index (χ4n) is 3.83. The zero-order valence-electron chi connectivity index (χ0n) is 16.0. The third kappa shape index (κ3) is 3.21. The largest absolute Gasteiger partial charge is 0.338 e. The number of tetrazole rings is 1. The molecule has 0 spiro atoms. The maximum Gasteiger partial charge on any atom is 0.263 e. The Balaban J connectivity index is 1.32. The molecule has 4 heterocycles. The normalized spacial score (nSPS) is 14.9. The second-order valence-electron chi connectivity index (χ2n) is 7.16. The lowest BCUT2D eigenvalue weighted by molar-refractivity contribution is 0.0693. The van der Waals surface area contributed by atoms with E-state index in [2.05, 4.69) is 25.5 Å². The van der Waals surface area contributed by atoms with Gasteiger partial charge in [-0.05, 0) is 53.6 Å². The van der Waals surface area contributed by atoms with Crippen LogP contribution in [0.15, 0.2) is 60.0 Å². The molecule has 0 saturated carbocycles. The van der Waals surface area contributed by atoms with Gasteiger partial charge in [0.15, 0.2) is 5.65 Å². The molecule has 1 aliphatic rings. The average molecular weight is 402 g/mol. The minimum atomic E-state index is -0.0907. The minimum Gasteiger partial charge on any atom is -0.338 e. The first-order valence-corrected chi connectivity index (χ1v) is 9.65. The van der Waals surface area contributed by atoms with Crippen molar-refractivity contribution < 1.29 is 4.79 Å². The monoisotopic (exact) mass is 402 g/mol. The summed E-state index contributed by atoms with van der Waals surface area (Å²) in [5.74, 6) is -0.0449.